The number of carbonyl (C=O) groups is 3. The van der Waals surface area contributed by atoms with Crippen molar-refractivity contribution < 1.29 is 61.5 Å². The van der Waals surface area contributed by atoms with E-state index in [9.17, 15) is 14.4 Å². The first-order valence-electron chi connectivity index (χ1n) is 18.7. The van der Waals surface area contributed by atoms with Crippen LogP contribution in [0.25, 0.3) is 0 Å². The predicted molar refractivity (Wildman–Crippen MR) is 205 cm³/mol. The molecule has 0 aromatic heterocycles. The van der Waals surface area contributed by atoms with Crippen LogP contribution in [0.15, 0.2) is 18.2 Å². The average molecular weight is 787 g/mol. The summed E-state index contributed by atoms with van der Waals surface area (Å²) in [5, 5.41) is 2.87. The quantitative estimate of drug-likeness (QED) is 0.0609. The van der Waals surface area contributed by atoms with Gasteiger partial charge in [-0.25, -0.2) is 4.79 Å². The Morgan fingerprint density at radius 2 is 1.39 bits per heavy atom. The summed E-state index contributed by atoms with van der Waals surface area (Å²) in [5.74, 6) is -0.0395. The van der Waals surface area contributed by atoms with Gasteiger partial charge < -0.3 is 47.6 Å². The molecule has 16 heteroatoms. The second-order valence-corrected chi connectivity index (χ2v) is 20.7. The molecule has 2 amide bonds. The van der Waals surface area contributed by atoms with Crippen LogP contribution in [0, 0.1) is 11.8 Å². The molecule has 0 spiro atoms. The third-order valence-corrected chi connectivity index (χ3v) is 13.7. The standard InChI is InChI=1S/C38H66N2O13Si/c1-26-27(2)34(51-29(4)41)35(50-28(26)3)52-32-14-13-31(23-30(32)24-49-54(11,12)38(8,9)10)39-33(42)25-47-20-19-45-16-15-44-17-18-46-21-22-48-40-36(43)53-37(5,6)7/h13-14,23,26-28,34-35H,15-22,24-25H2,1-12H3,(H,39,42)(H,40,43). The first-order valence-corrected chi connectivity index (χ1v) is 21.6. The van der Waals surface area contributed by atoms with Crippen molar-refractivity contribution in [1.29, 1.82) is 0 Å². The Kier molecular flexibility index (Phi) is 19.9. The lowest BCUT2D eigenvalue weighted by molar-refractivity contribution is -0.243. The summed E-state index contributed by atoms with van der Waals surface area (Å²) in [4.78, 5) is 41.2. The monoisotopic (exact) mass is 786 g/mol. The van der Waals surface area contributed by atoms with Crippen LogP contribution < -0.4 is 15.5 Å². The van der Waals surface area contributed by atoms with Crippen LogP contribution in [0.5, 0.6) is 5.75 Å². The van der Waals surface area contributed by atoms with E-state index in [2.05, 4.69) is 51.6 Å². The summed E-state index contributed by atoms with van der Waals surface area (Å²) in [6, 6.07) is 5.34. The lowest BCUT2D eigenvalue weighted by atomic mass is 9.84. The van der Waals surface area contributed by atoms with Crippen molar-refractivity contribution in [3.8, 4) is 5.75 Å². The van der Waals surface area contributed by atoms with E-state index in [4.69, 9.17) is 47.2 Å². The normalized spacial score (nSPS) is 20.6. The number of ether oxygens (including phenoxy) is 8. The predicted octanol–water partition coefficient (Wildman–Crippen LogP) is 6.00. The number of nitrogens with one attached hydrogen (secondary N) is 2. The number of amides is 2. The number of rotatable bonds is 22. The molecule has 0 saturated carbocycles. The summed E-state index contributed by atoms with van der Waals surface area (Å²) in [7, 11) is -2.14. The summed E-state index contributed by atoms with van der Waals surface area (Å²) < 4.78 is 51.8. The topological polar surface area (TPSA) is 168 Å². The van der Waals surface area contributed by atoms with Gasteiger partial charge in [-0.15, -0.1) is 0 Å². The Balaban J connectivity index is 1.78. The maximum absolute atomic E-state index is 12.8. The molecule has 0 bridgehead atoms. The molecule has 1 aromatic rings. The number of carbonyl (C=O) groups excluding carboxylic acids is 3. The lowest BCUT2D eigenvalue weighted by Gasteiger charge is -2.42. The molecule has 1 aromatic carbocycles. The highest BCUT2D eigenvalue weighted by Gasteiger charge is 2.44. The summed E-state index contributed by atoms with van der Waals surface area (Å²) in [5.41, 5.74) is 2.88. The maximum Gasteiger partial charge on any atom is 0.431 e. The van der Waals surface area contributed by atoms with Crippen molar-refractivity contribution in [2.45, 2.75) is 118 Å². The molecule has 54 heavy (non-hydrogen) atoms. The molecule has 1 aliphatic heterocycles. The minimum Gasteiger partial charge on any atom is -0.460 e. The molecule has 1 saturated heterocycles. The van der Waals surface area contributed by atoms with Gasteiger partial charge in [0, 0.05) is 24.1 Å². The number of hydrogen-bond acceptors (Lipinski definition) is 13. The summed E-state index contributed by atoms with van der Waals surface area (Å²) in [6.07, 6.45) is -2.17. The largest absolute Gasteiger partial charge is 0.460 e. The number of esters is 1. The molecule has 1 fully saturated rings. The van der Waals surface area contributed by atoms with Crippen LogP contribution in [-0.4, -0.2) is 110 Å². The van der Waals surface area contributed by atoms with Gasteiger partial charge in [0.05, 0.1) is 65.6 Å². The fraction of sp³-hybridized carbons (Fsp3) is 0.763. The van der Waals surface area contributed by atoms with Crippen molar-refractivity contribution in [2.24, 2.45) is 11.8 Å². The van der Waals surface area contributed by atoms with Gasteiger partial charge in [0.15, 0.2) is 14.4 Å². The highest BCUT2D eigenvalue weighted by Crippen LogP contribution is 2.39. The summed E-state index contributed by atoms with van der Waals surface area (Å²) in [6.45, 7) is 26.2. The van der Waals surface area contributed by atoms with E-state index in [1.165, 1.54) is 6.92 Å². The number of anilines is 1. The minimum atomic E-state index is -2.14. The van der Waals surface area contributed by atoms with Gasteiger partial charge in [-0.2, -0.15) is 5.48 Å². The first kappa shape index (κ1) is 47.3. The van der Waals surface area contributed by atoms with Gasteiger partial charge in [-0.3, -0.25) is 14.4 Å². The van der Waals surface area contributed by atoms with Gasteiger partial charge in [-0.05, 0) is 69.9 Å². The highest BCUT2D eigenvalue weighted by molar-refractivity contribution is 6.74. The Labute approximate surface area is 322 Å². The smallest absolute Gasteiger partial charge is 0.431 e. The van der Waals surface area contributed by atoms with Gasteiger partial charge in [0.2, 0.25) is 12.2 Å². The number of hydroxylamine groups is 1. The first-order chi connectivity index (χ1) is 25.2. The maximum atomic E-state index is 12.8. The van der Waals surface area contributed by atoms with E-state index in [1.807, 2.05) is 19.9 Å². The van der Waals surface area contributed by atoms with E-state index < -0.39 is 38.4 Å². The molecule has 0 radical (unpaired) electrons. The molecule has 5 unspecified atom stereocenters. The number of benzene rings is 1. The van der Waals surface area contributed by atoms with E-state index in [-0.39, 0.29) is 61.9 Å². The zero-order valence-corrected chi connectivity index (χ0v) is 35.5. The highest BCUT2D eigenvalue weighted by atomic mass is 28.4. The molecule has 2 N–H and O–H groups in total. The van der Waals surface area contributed by atoms with Crippen LogP contribution in [0.2, 0.25) is 18.1 Å². The summed E-state index contributed by atoms with van der Waals surface area (Å²) >= 11 is 0. The molecular formula is C38H66N2O13Si. The molecule has 310 valence electrons. The fourth-order valence-electron chi connectivity index (χ4n) is 4.85. The average Bonchev–Trinajstić information content (AvgIpc) is 3.05. The molecule has 5 atom stereocenters. The molecule has 0 aliphatic carbocycles. The zero-order chi connectivity index (χ0) is 40.5. The number of hydrogen-bond donors (Lipinski definition) is 2. The van der Waals surface area contributed by atoms with Crippen LogP contribution >= 0.6 is 0 Å². The van der Waals surface area contributed by atoms with Crippen LogP contribution in [0.3, 0.4) is 0 Å². The van der Waals surface area contributed by atoms with Gasteiger partial charge in [-0.1, -0.05) is 34.6 Å². The van der Waals surface area contributed by atoms with Crippen LogP contribution in [0.4, 0.5) is 10.5 Å². The van der Waals surface area contributed by atoms with E-state index in [0.717, 1.165) is 5.56 Å². The van der Waals surface area contributed by atoms with E-state index >= 15 is 0 Å². The molecular weight excluding hydrogens is 721 g/mol. The van der Waals surface area contributed by atoms with Gasteiger partial charge >= 0.3 is 12.1 Å². The van der Waals surface area contributed by atoms with Gasteiger partial charge in [0.1, 0.15) is 18.0 Å². The van der Waals surface area contributed by atoms with Crippen LogP contribution in [-0.2, 0) is 58.6 Å². The van der Waals surface area contributed by atoms with Crippen molar-refractivity contribution in [1.82, 2.24) is 5.48 Å². The third kappa shape index (κ3) is 17.7. The second-order valence-electron chi connectivity index (χ2n) is 15.9. The molecule has 1 aliphatic rings. The molecule has 2 rings (SSSR count). The Morgan fingerprint density at radius 3 is 1.94 bits per heavy atom. The third-order valence-electron chi connectivity index (χ3n) is 9.22. The lowest BCUT2D eigenvalue weighted by Crippen LogP contribution is -2.52. The van der Waals surface area contributed by atoms with E-state index in [0.29, 0.717) is 44.5 Å². The SMILES string of the molecule is CC(=O)OC1C(Oc2ccc(NC(=O)COCCOCCOCCOCCONC(=O)OC(C)(C)C)cc2CO[Si](C)(C)C(C)(C)C)OC(C)C(C)C1C. The Morgan fingerprint density at radius 1 is 0.815 bits per heavy atom. The van der Waals surface area contributed by atoms with Crippen molar-refractivity contribution in [3.63, 3.8) is 0 Å². The Bertz CT molecular complexity index is 1300. The fourth-order valence-corrected chi connectivity index (χ4v) is 5.80. The van der Waals surface area contributed by atoms with Crippen LogP contribution in [0.1, 0.15) is 74.8 Å². The Hall–Kier alpha value is -2.83. The molecule has 1 heterocycles. The van der Waals surface area contributed by atoms with Crippen molar-refractivity contribution in [3.05, 3.63) is 23.8 Å². The second kappa shape index (κ2) is 22.7. The molecule has 15 nitrogen and oxygen atoms in total. The van der Waals surface area contributed by atoms with Crippen molar-refractivity contribution >= 4 is 32.0 Å². The zero-order valence-electron chi connectivity index (χ0n) is 34.5. The van der Waals surface area contributed by atoms with Crippen molar-refractivity contribution in [2.75, 3.05) is 64.8 Å². The van der Waals surface area contributed by atoms with Gasteiger partial charge in [0.25, 0.3) is 0 Å². The van der Waals surface area contributed by atoms with E-state index in [1.54, 1.807) is 32.9 Å². The minimum absolute atomic E-state index is 0.00730.